The van der Waals surface area contributed by atoms with Crippen molar-refractivity contribution in [2.24, 2.45) is 5.92 Å². The van der Waals surface area contributed by atoms with Gasteiger partial charge in [0.2, 0.25) is 0 Å². The van der Waals surface area contributed by atoms with Gasteiger partial charge in [-0.2, -0.15) is 5.26 Å². The first-order valence-corrected chi connectivity index (χ1v) is 7.96. The Hall–Kier alpha value is -1.34. The van der Waals surface area contributed by atoms with Gasteiger partial charge in [-0.15, -0.1) is 0 Å². The van der Waals surface area contributed by atoms with Gasteiger partial charge in [-0.25, -0.2) is 8.42 Å². The second kappa shape index (κ2) is 4.74. The molecule has 2 rings (SSSR count). The fraction of sp³-hybridized carbons (Fsp3) is 0.500. The number of aryl methyl sites for hydroxylation is 1. The quantitative estimate of drug-likeness (QED) is 0.837. The van der Waals surface area contributed by atoms with Crippen LogP contribution in [-0.2, 0) is 16.3 Å². The van der Waals surface area contributed by atoms with Gasteiger partial charge >= 0.3 is 0 Å². The molecule has 0 spiro atoms. The van der Waals surface area contributed by atoms with Gasteiger partial charge in [0.05, 0.1) is 17.2 Å². The van der Waals surface area contributed by atoms with Crippen LogP contribution in [0.2, 0.25) is 0 Å². The molecule has 3 nitrogen and oxygen atoms in total. The molecule has 1 saturated carbocycles. The molecule has 0 N–H and O–H groups in total. The number of nitriles is 1. The van der Waals surface area contributed by atoms with Crippen molar-refractivity contribution in [3.63, 3.8) is 0 Å². The SMILES string of the molecule is CCc1ccc([C@H]2[C@H](C#N)[C@@H]2S(=O)(=O)CC)cc1. The van der Waals surface area contributed by atoms with Crippen LogP contribution in [-0.4, -0.2) is 19.4 Å². The Bertz CT molecular complexity index is 569. The summed E-state index contributed by atoms with van der Waals surface area (Å²) in [5.74, 6) is -0.396. The van der Waals surface area contributed by atoms with Crippen molar-refractivity contribution in [2.75, 3.05) is 5.75 Å². The fourth-order valence-electron chi connectivity index (χ4n) is 2.45. The fourth-order valence-corrected chi connectivity index (χ4v) is 4.19. The number of sulfone groups is 1. The molecule has 0 aliphatic heterocycles. The van der Waals surface area contributed by atoms with Crippen LogP contribution in [0.4, 0.5) is 0 Å². The van der Waals surface area contributed by atoms with Crippen molar-refractivity contribution >= 4 is 9.84 Å². The van der Waals surface area contributed by atoms with E-state index >= 15 is 0 Å². The smallest absolute Gasteiger partial charge is 0.154 e. The van der Waals surface area contributed by atoms with E-state index < -0.39 is 15.1 Å². The van der Waals surface area contributed by atoms with Crippen LogP contribution in [0.5, 0.6) is 0 Å². The second-order valence-electron chi connectivity index (χ2n) is 4.69. The summed E-state index contributed by atoms with van der Waals surface area (Å²) in [5.41, 5.74) is 2.20. The zero-order valence-corrected chi connectivity index (χ0v) is 11.4. The van der Waals surface area contributed by atoms with Gasteiger partial charge in [-0.3, -0.25) is 0 Å². The third-order valence-electron chi connectivity index (χ3n) is 3.69. The highest BCUT2D eigenvalue weighted by molar-refractivity contribution is 7.92. The summed E-state index contributed by atoms with van der Waals surface area (Å²) in [7, 11) is -3.12. The third kappa shape index (κ3) is 2.15. The van der Waals surface area contributed by atoms with E-state index in [1.807, 2.05) is 24.3 Å². The summed E-state index contributed by atoms with van der Waals surface area (Å²) in [6, 6.07) is 10.1. The summed E-state index contributed by atoms with van der Waals surface area (Å²) in [6.07, 6.45) is 0.962. The van der Waals surface area contributed by atoms with E-state index in [1.165, 1.54) is 5.56 Å². The van der Waals surface area contributed by atoms with Crippen LogP contribution in [0, 0.1) is 17.2 Å². The zero-order chi connectivity index (χ0) is 13.3. The van der Waals surface area contributed by atoms with Gasteiger partial charge in [0.25, 0.3) is 0 Å². The molecule has 0 unspecified atom stereocenters. The molecule has 0 saturated heterocycles. The molecular formula is C14H17NO2S. The van der Waals surface area contributed by atoms with Crippen LogP contribution < -0.4 is 0 Å². The lowest BCUT2D eigenvalue weighted by atomic mass is 10.1. The Morgan fingerprint density at radius 1 is 1.22 bits per heavy atom. The molecule has 18 heavy (non-hydrogen) atoms. The molecule has 0 amide bonds. The maximum absolute atomic E-state index is 11.9. The molecule has 4 heteroatoms. The summed E-state index contributed by atoms with van der Waals surface area (Å²) in [5, 5.41) is 8.55. The van der Waals surface area contributed by atoms with E-state index in [9.17, 15) is 8.42 Å². The Kier molecular flexibility index (Phi) is 3.45. The normalized spacial score (nSPS) is 26.6. The maximum Gasteiger partial charge on any atom is 0.154 e. The molecule has 0 heterocycles. The van der Waals surface area contributed by atoms with Crippen LogP contribution in [0.3, 0.4) is 0 Å². The van der Waals surface area contributed by atoms with Crippen LogP contribution in [0.1, 0.15) is 30.9 Å². The predicted molar refractivity (Wildman–Crippen MR) is 70.9 cm³/mol. The van der Waals surface area contributed by atoms with E-state index in [2.05, 4.69) is 13.0 Å². The summed E-state index contributed by atoms with van der Waals surface area (Å²) in [6.45, 7) is 3.72. The van der Waals surface area contributed by atoms with Crippen molar-refractivity contribution < 1.29 is 8.42 Å². The van der Waals surface area contributed by atoms with Crippen LogP contribution in [0.15, 0.2) is 24.3 Å². The van der Waals surface area contributed by atoms with Gasteiger partial charge in [0.1, 0.15) is 0 Å². The zero-order valence-electron chi connectivity index (χ0n) is 10.6. The number of hydrogen-bond acceptors (Lipinski definition) is 3. The summed E-state index contributed by atoms with van der Waals surface area (Å²) in [4.78, 5) is 0. The lowest BCUT2D eigenvalue weighted by Crippen LogP contribution is -2.12. The minimum Gasteiger partial charge on any atom is -0.228 e. The molecule has 1 aliphatic carbocycles. The van der Waals surface area contributed by atoms with E-state index in [-0.39, 0.29) is 17.6 Å². The topological polar surface area (TPSA) is 57.9 Å². The number of benzene rings is 1. The molecule has 1 aromatic carbocycles. The molecule has 0 aromatic heterocycles. The molecule has 1 aliphatic rings. The monoisotopic (exact) mass is 263 g/mol. The molecule has 0 radical (unpaired) electrons. The minimum atomic E-state index is -3.12. The van der Waals surface area contributed by atoms with Crippen molar-refractivity contribution in [2.45, 2.75) is 31.4 Å². The van der Waals surface area contributed by atoms with Crippen molar-refractivity contribution in [1.82, 2.24) is 0 Å². The highest BCUT2D eigenvalue weighted by atomic mass is 32.2. The number of hydrogen-bond donors (Lipinski definition) is 0. The Morgan fingerprint density at radius 3 is 2.28 bits per heavy atom. The molecular weight excluding hydrogens is 246 g/mol. The molecule has 0 bridgehead atoms. The van der Waals surface area contributed by atoms with Gasteiger partial charge in [-0.05, 0) is 17.5 Å². The molecule has 96 valence electrons. The summed E-state index contributed by atoms with van der Waals surface area (Å²) >= 11 is 0. The lowest BCUT2D eigenvalue weighted by molar-refractivity contribution is 0.594. The first-order chi connectivity index (χ1) is 8.55. The van der Waals surface area contributed by atoms with E-state index in [0.717, 1.165) is 12.0 Å². The molecule has 1 aromatic rings. The lowest BCUT2D eigenvalue weighted by Gasteiger charge is -2.02. The van der Waals surface area contributed by atoms with Gasteiger partial charge in [0, 0.05) is 11.7 Å². The van der Waals surface area contributed by atoms with E-state index in [1.54, 1.807) is 6.92 Å². The molecule has 3 atom stereocenters. The minimum absolute atomic E-state index is 0.111. The van der Waals surface area contributed by atoms with Crippen molar-refractivity contribution in [1.29, 1.82) is 5.26 Å². The third-order valence-corrected chi connectivity index (χ3v) is 5.91. The average molecular weight is 263 g/mol. The Morgan fingerprint density at radius 2 is 1.83 bits per heavy atom. The average Bonchev–Trinajstić information content (AvgIpc) is 3.14. The second-order valence-corrected chi connectivity index (χ2v) is 7.14. The van der Waals surface area contributed by atoms with E-state index in [4.69, 9.17) is 5.26 Å². The Balaban J connectivity index is 2.27. The predicted octanol–water partition coefficient (Wildman–Crippen LogP) is 2.29. The first-order valence-electron chi connectivity index (χ1n) is 6.25. The summed E-state index contributed by atoms with van der Waals surface area (Å²) < 4.78 is 23.8. The van der Waals surface area contributed by atoms with Gasteiger partial charge in [0.15, 0.2) is 9.84 Å². The Labute approximate surface area is 108 Å². The van der Waals surface area contributed by atoms with Crippen molar-refractivity contribution in [3.8, 4) is 6.07 Å². The highest BCUT2D eigenvalue weighted by Crippen LogP contribution is 2.52. The maximum atomic E-state index is 11.9. The first kappa shape index (κ1) is 13.1. The largest absolute Gasteiger partial charge is 0.228 e. The standard InChI is InChI=1S/C14H17NO2S/c1-3-10-5-7-11(8-6-10)13-12(9-15)14(13)18(16,17)4-2/h5-8,12-14H,3-4H2,1-2H3/t12-,13-,14-/m0/s1. The van der Waals surface area contributed by atoms with Gasteiger partial charge < -0.3 is 0 Å². The van der Waals surface area contributed by atoms with Crippen LogP contribution in [0.25, 0.3) is 0 Å². The van der Waals surface area contributed by atoms with E-state index in [0.29, 0.717) is 0 Å². The molecule has 1 fully saturated rings. The number of nitrogens with zero attached hydrogens (tertiary/aromatic N) is 1. The van der Waals surface area contributed by atoms with Crippen LogP contribution >= 0.6 is 0 Å². The van der Waals surface area contributed by atoms with Gasteiger partial charge in [-0.1, -0.05) is 38.1 Å². The van der Waals surface area contributed by atoms with Crippen molar-refractivity contribution in [3.05, 3.63) is 35.4 Å². The highest BCUT2D eigenvalue weighted by Gasteiger charge is 2.58. The number of rotatable bonds is 4.